The molecule has 1 saturated carbocycles. The molecule has 2 unspecified atom stereocenters. The van der Waals surface area contributed by atoms with Crippen molar-refractivity contribution in [3.05, 3.63) is 47.4 Å². The van der Waals surface area contributed by atoms with Gasteiger partial charge in [0.2, 0.25) is 11.8 Å². The van der Waals surface area contributed by atoms with Crippen molar-refractivity contribution in [3.63, 3.8) is 0 Å². The van der Waals surface area contributed by atoms with Crippen LogP contribution >= 0.6 is 7.60 Å². The molecule has 14 heteroatoms. The molecule has 3 amide bonds. The lowest BCUT2D eigenvalue weighted by atomic mass is 10.1. The van der Waals surface area contributed by atoms with Crippen LogP contribution in [0.5, 0.6) is 0 Å². The van der Waals surface area contributed by atoms with Crippen LogP contribution in [0.4, 0.5) is 4.79 Å². The standard InChI is InChI=1S/C19H32N3O7P.C7H6N2O.C4H10/c1-3-13(2)11-16(30(26,27)28)21-18(24)15-9-6-10-22(15)17(23)12-20-19(25)29-14-7-4-5-8-14;10-7-8-5-3-1-2-4-6(5)9-7;1-4(2)3/h3,13-16H,1,4-12H2,2H3,(H,20,25)(H,21,24)(H2,26,27,28);1-4H,(H2,8,9,10);4H,1-3H3/t13-,15?,16?;;/m0../s1. The van der Waals surface area contributed by atoms with Gasteiger partial charge in [0.25, 0.3) is 0 Å². The minimum Gasteiger partial charge on any atom is -0.446 e. The molecule has 44 heavy (non-hydrogen) atoms. The highest BCUT2D eigenvalue weighted by atomic mass is 31.2. The van der Waals surface area contributed by atoms with Gasteiger partial charge in [0.15, 0.2) is 0 Å². The predicted octanol–water partition coefficient (Wildman–Crippen LogP) is 4.00. The highest BCUT2D eigenvalue weighted by molar-refractivity contribution is 7.52. The van der Waals surface area contributed by atoms with E-state index in [1.807, 2.05) is 24.3 Å². The van der Waals surface area contributed by atoms with E-state index in [1.54, 1.807) is 13.0 Å². The van der Waals surface area contributed by atoms with E-state index in [4.69, 9.17) is 4.74 Å². The number of carbonyl (C=O) groups excluding carboxylic acids is 3. The zero-order valence-corrected chi connectivity index (χ0v) is 27.0. The third-order valence-corrected chi connectivity index (χ3v) is 8.12. The Morgan fingerprint density at radius 1 is 1.07 bits per heavy atom. The Morgan fingerprint density at radius 3 is 2.16 bits per heavy atom. The van der Waals surface area contributed by atoms with E-state index in [0.29, 0.717) is 19.4 Å². The second-order valence-electron chi connectivity index (χ2n) is 11.8. The Hall–Kier alpha value is -3.41. The largest absolute Gasteiger partial charge is 0.446 e. The van der Waals surface area contributed by atoms with E-state index in [9.17, 15) is 33.5 Å². The first-order valence-corrected chi connectivity index (χ1v) is 16.8. The summed E-state index contributed by atoms with van der Waals surface area (Å²) in [4.78, 5) is 73.5. The average Bonchev–Trinajstić information content (AvgIpc) is 3.71. The summed E-state index contributed by atoms with van der Waals surface area (Å²) in [5.74, 6) is -1.78. The Morgan fingerprint density at radius 2 is 1.64 bits per heavy atom. The number of para-hydroxylation sites is 2. The maximum absolute atomic E-state index is 12.7. The summed E-state index contributed by atoms with van der Waals surface area (Å²) >= 11 is 0. The van der Waals surface area contributed by atoms with Gasteiger partial charge in [0.05, 0.1) is 11.0 Å². The van der Waals surface area contributed by atoms with Crippen LogP contribution in [0.3, 0.4) is 0 Å². The smallest absolute Gasteiger partial charge is 0.407 e. The van der Waals surface area contributed by atoms with E-state index >= 15 is 0 Å². The average molecular weight is 638 g/mol. The lowest BCUT2D eigenvalue weighted by molar-refractivity contribution is -0.137. The molecule has 0 bridgehead atoms. The van der Waals surface area contributed by atoms with Crippen molar-refractivity contribution in [1.29, 1.82) is 0 Å². The Balaban J connectivity index is 0.000000392. The molecule has 1 aliphatic carbocycles. The van der Waals surface area contributed by atoms with Crippen molar-refractivity contribution in [2.45, 2.75) is 90.6 Å². The SMILES string of the molecule is C=C[C@H](C)CC(NC(=O)C1CCCN1C(=O)CNC(=O)OC1CCCC1)P(=O)(O)O.CC(C)C.O=c1[nH]c2ccccc2[nH]1. The summed E-state index contributed by atoms with van der Waals surface area (Å²) in [6, 6.07) is 6.64. The molecule has 13 nitrogen and oxygen atoms in total. The fraction of sp³-hybridized carbons (Fsp3) is 0.600. The van der Waals surface area contributed by atoms with Crippen LogP contribution in [0.25, 0.3) is 11.0 Å². The molecular weight excluding hydrogens is 589 g/mol. The third kappa shape index (κ3) is 12.7. The number of benzene rings is 1. The number of hydrogen-bond acceptors (Lipinski definition) is 6. The topological polar surface area (TPSA) is 194 Å². The minimum absolute atomic E-state index is 0.0365. The van der Waals surface area contributed by atoms with Crippen molar-refractivity contribution in [1.82, 2.24) is 25.5 Å². The minimum atomic E-state index is -4.58. The highest BCUT2D eigenvalue weighted by Crippen LogP contribution is 2.43. The number of aromatic nitrogens is 2. The number of carbonyl (C=O) groups is 3. The van der Waals surface area contributed by atoms with Gasteiger partial charge in [0, 0.05) is 6.54 Å². The first kappa shape index (κ1) is 36.8. The molecule has 4 rings (SSSR count). The number of imidazole rings is 1. The highest BCUT2D eigenvalue weighted by Gasteiger charge is 2.38. The van der Waals surface area contributed by atoms with Crippen LogP contribution < -0.4 is 16.3 Å². The van der Waals surface area contributed by atoms with Crippen molar-refractivity contribution in [2.75, 3.05) is 13.1 Å². The molecule has 1 saturated heterocycles. The number of rotatable bonds is 9. The molecule has 2 aliphatic rings. The molecule has 0 spiro atoms. The Bertz CT molecular complexity index is 1290. The number of nitrogens with zero attached hydrogens (tertiary/aromatic N) is 1. The number of likely N-dealkylation sites (tertiary alicyclic amines) is 1. The first-order valence-electron chi connectivity index (χ1n) is 15.1. The predicted molar refractivity (Wildman–Crippen MR) is 169 cm³/mol. The quantitative estimate of drug-likeness (QED) is 0.175. The zero-order valence-electron chi connectivity index (χ0n) is 26.1. The van der Waals surface area contributed by atoms with Crippen LogP contribution in [-0.2, 0) is 18.9 Å². The lowest BCUT2D eigenvalue weighted by Gasteiger charge is -2.27. The molecule has 2 heterocycles. The number of alkyl carbamates (subject to hydrolysis) is 1. The number of H-pyrrole nitrogens is 2. The van der Waals surface area contributed by atoms with E-state index in [2.05, 4.69) is 48.0 Å². The molecule has 1 aliphatic heterocycles. The molecule has 246 valence electrons. The number of nitrogens with one attached hydrogen (secondary N) is 4. The number of aromatic amines is 2. The maximum atomic E-state index is 12.7. The number of ether oxygens (including phenoxy) is 1. The normalized spacial score (nSPS) is 18.0. The monoisotopic (exact) mass is 637 g/mol. The fourth-order valence-electron chi connectivity index (χ4n) is 4.75. The first-order chi connectivity index (χ1) is 20.7. The van der Waals surface area contributed by atoms with Crippen molar-refractivity contribution in [3.8, 4) is 0 Å². The maximum Gasteiger partial charge on any atom is 0.407 e. The van der Waals surface area contributed by atoms with Gasteiger partial charge in [0.1, 0.15) is 24.5 Å². The van der Waals surface area contributed by atoms with Crippen molar-refractivity contribution in [2.24, 2.45) is 11.8 Å². The van der Waals surface area contributed by atoms with Gasteiger partial charge < -0.3 is 40.0 Å². The molecule has 2 fully saturated rings. The summed E-state index contributed by atoms with van der Waals surface area (Å²) in [7, 11) is -4.58. The van der Waals surface area contributed by atoms with Crippen LogP contribution in [0.15, 0.2) is 41.7 Å². The van der Waals surface area contributed by atoms with Crippen LogP contribution in [0.1, 0.15) is 72.6 Å². The number of amides is 3. The van der Waals surface area contributed by atoms with Crippen LogP contribution in [-0.4, -0.2) is 73.6 Å². The van der Waals surface area contributed by atoms with Gasteiger partial charge in [-0.15, -0.1) is 6.58 Å². The molecule has 1 aromatic heterocycles. The molecule has 1 aromatic carbocycles. The summed E-state index contributed by atoms with van der Waals surface area (Å²) in [6.45, 7) is 11.9. The molecule has 3 atom stereocenters. The van der Waals surface area contributed by atoms with E-state index in [1.165, 1.54) is 4.90 Å². The van der Waals surface area contributed by atoms with E-state index < -0.39 is 37.3 Å². The number of fused-ring (bicyclic) bond motifs is 1. The van der Waals surface area contributed by atoms with Gasteiger partial charge in [-0.3, -0.25) is 14.2 Å². The van der Waals surface area contributed by atoms with Crippen LogP contribution in [0.2, 0.25) is 0 Å². The van der Waals surface area contributed by atoms with Crippen molar-refractivity contribution >= 4 is 36.5 Å². The Labute approximate surface area is 258 Å². The molecular formula is C30H48N5O8P. The van der Waals surface area contributed by atoms with Gasteiger partial charge in [-0.1, -0.05) is 45.9 Å². The zero-order chi connectivity index (χ0) is 32.9. The third-order valence-electron chi connectivity index (χ3n) is 6.97. The van der Waals surface area contributed by atoms with Gasteiger partial charge in [-0.25, -0.2) is 9.59 Å². The van der Waals surface area contributed by atoms with Gasteiger partial charge in [-0.05, 0) is 68.9 Å². The summed E-state index contributed by atoms with van der Waals surface area (Å²) in [5.41, 5.74) is 1.56. The molecule has 2 aromatic rings. The fourth-order valence-corrected chi connectivity index (χ4v) is 5.66. The van der Waals surface area contributed by atoms with E-state index in [-0.39, 0.29) is 30.7 Å². The van der Waals surface area contributed by atoms with E-state index in [0.717, 1.165) is 42.6 Å². The Kier molecular flexibility index (Phi) is 14.9. The lowest BCUT2D eigenvalue weighted by Crippen LogP contribution is -2.51. The summed E-state index contributed by atoms with van der Waals surface area (Å²) in [6.07, 6.45) is 5.45. The van der Waals surface area contributed by atoms with Crippen LogP contribution in [0, 0.1) is 11.8 Å². The number of allylic oxidation sites excluding steroid dienone is 1. The summed E-state index contributed by atoms with van der Waals surface area (Å²) < 4.78 is 17.0. The van der Waals surface area contributed by atoms with Crippen molar-refractivity contribution < 1.29 is 33.5 Å². The second kappa shape index (κ2) is 17.8. The summed E-state index contributed by atoms with van der Waals surface area (Å²) in [5, 5.41) is 4.83. The van der Waals surface area contributed by atoms with Gasteiger partial charge in [-0.2, -0.15) is 0 Å². The molecule has 6 N–H and O–H groups in total. The molecule has 0 radical (unpaired) electrons. The van der Waals surface area contributed by atoms with Gasteiger partial charge >= 0.3 is 19.4 Å². The second-order valence-corrected chi connectivity index (χ2v) is 13.6. The number of hydrogen-bond donors (Lipinski definition) is 6.